The molecule has 0 aliphatic carbocycles. The van der Waals surface area contributed by atoms with Crippen LogP contribution in [0.4, 0.5) is 4.79 Å². The molecule has 126 valence electrons. The van der Waals surface area contributed by atoms with Gasteiger partial charge in [0.1, 0.15) is 0 Å². The highest BCUT2D eigenvalue weighted by Crippen LogP contribution is 2.25. The Kier molecular flexibility index (Phi) is 4.20. The van der Waals surface area contributed by atoms with Crippen LogP contribution in [0.2, 0.25) is 10.0 Å². The lowest BCUT2D eigenvalue weighted by atomic mass is 10.1. The molecule has 8 nitrogen and oxygen atoms in total. The van der Waals surface area contributed by atoms with E-state index in [1.165, 1.54) is 11.9 Å². The molecule has 10 heteroatoms. The number of likely N-dealkylation sites (N-methyl/N-ethyl adjacent to an activating group) is 2. The molecule has 0 spiro atoms. The first-order valence-corrected chi connectivity index (χ1v) is 7.78. The number of benzene rings is 1. The number of hydrogen-bond acceptors (Lipinski definition) is 5. The number of carbonyl (C=O) groups excluding carboxylic acids is 2. The predicted molar refractivity (Wildman–Crippen MR) is 89.9 cm³/mol. The van der Waals surface area contributed by atoms with Crippen molar-refractivity contribution < 1.29 is 14.2 Å². The lowest BCUT2D eigenvalue weighted by Gasteiger charge is -2.31. The van der Waals surface area contributed by atoms with Gasteiger partial charge in [0.05, 0.1) is 16.6 Å². The molecule has 2 aliphatic rings. The van der Waals surface area contributed by atoms with Gasteiger partial charge in [0.15, 0.2) is 0 Å². The fourth-order valence-corrected chi connectivity index (χ4v) is 3.04. The fraction of sp³-hybridized carbons (Fsp3) is 0.286. The second kappa shape index (κ2) is 6.04. The van der Waals surface area contributed by atoms with E-state index in [1.807, 2.05) is 0 Å². The average Bonchev–Trinajstić information content (AvgIpc) is 2.93. The molecule has 1 fully saturated rings. The lowest BCUT2D eigenvalue weighted by molar-refractivity contribution is -0.553. The minimum Gasteiger partial charge on any atom is -0.270 e. The van der Waals surface area contributed by atoms with Crippen LogP contribution in [0.15, 0.2) is 23.2 Å². The number of carbonyl (C=O) groups is 2. The molecule has 2 aliphatic heterocycles. The lowest BCUT2D eigenvalue weighted by Crippen LogP contribution is -2.61. The highest BCUT2D eigenvalue weighted by atomic mass is 35.5. The van der Waals surface area contributed by atoms with Gasteiger partial charge in [-0.3, -0.25) is 14.6 Å². The van der Waals surface area contributed by atoms with Crippen LogP contribution in [-0.2, 0) is 11.3 Å². The van der Waals surface area contributed by atoms with Crippen LogP contribution in [0, 0.1) is 0 Å². The third-order valence-electron chi connectivity index (χ3n) is 4.00. The Morgan fingerprint density at radius 3 is 2.58 bits per heavy atom. The molecule has 1 aromatic carbocycles. The first-order valence-electron chi connectivity index (χ1n) is 7.03. The van der Waals surface area contributed by atoms with Crippen molar-refractivity contribution >= 4 is 46.9 Å². The normalized spacial score (nSPS) is 20.5. The summed E-state index contributed by atoms with van der Waals surface area (Å²) in [6, 6.07) is 4.01. The van der Waals surface area contributed by atoms with Crippen molar-refractivity contribution in [3.05, 3.63) is 33.8 Å². The molecule has 2 heterocycles. The molecule has 3 rings (SSSR count). The van der Waals surface area contributed by atoms with Gasteiger partial charge >= 0.3 is 12.0 Å². The van der Waals surface area contributed by atoms with Gasteiger partial charge in [0.2, 0.25) is 11.9 Å². The summed E-state index contributed by atoms with van der Waals surface area (Å²) in [6.45, 7) is 0.315. The average molecular weight is 370 g/mol. The van der Waals surface area contributed by atoms with E-state index in [4.69, 9.17) is 29.0 Å². The van der Waals surface area contributed by atoms with Crippen LogP contribution in [0.5, 0.6) is 0 Å². The second-order valence-corrected chi connectivity index (χ2v) is 6.27. The standard InChI is InChI=1S/C14H14Cl2N6O2/c1-20-11-10(12(23)21(2)14(20)24)22(13(18-11)19-17)6-7-3-4-8(15)9(16)5-7/h3-5,10H,6,17H2,1-2H3/p+1. The number of imide groups is 1. The second-order valence-electron chi connectivity index (χ2n) is 5.46. The number of urea groups is 1. The van der Waals surface area contributed by atoms with E-state index in [0.29, 0.717) is 28.4 Å². The van der Waals surface area contributed by atoms with Crippen LogP contribution >= 0.6 is 23.2 Å². The van der Waals surface area contributed by atoms with Crippen molar-refractivity contribution in [3.8, 4) is 0 Å². The molecule has 0 aromatic heterocycles. The minimum absolute atomic E-state index is 0.296. The molecular weight excluding hydrogens is 355 g/mol. The topological polar surface area (TPSA) is 94.0 Å². The summed E-state index contributed by atoms with van der Waals surface area (Å²) in [5.41, 5.74) is 3.30. The van der Waals surface area contributed by atoms with Crippen molar-refractivity contribution in [3.63, 3.8) is 0 Å². The van der Waals surface area contributed by atoms with Gasteiger partial charge in [-0.1, -0.05) is 34.3 Å². The fourth-order valence-electron chi connectivity index (χ4n) is 2.71. The Hall–Kier alpha value is -2.16. The number of aliphatic imine (C=N–C) groups is 1. The van der Waals surface area contributed by atoms with E-state index in [-0.39, 0.29) is 5.91 Å². The number of guanidine groups is 1. The number of nitrogens with two attached hydrogens (primary N) is 1. The Balaban J connectivity index is 1.99. The summed E-state index contributed by atoms with van der Waals surface area (Å²) in [4.78, 5) is 31.3. The molecule has 1 saturated heterocycles. The summed E-state index contributed by atoms with van der Waals surface area (Å²) in [5, 5.41) is 0.856. The van der Waals surface area contributed by atoms with Crippen LogP contribution in [-0.4, -0.2) is 58.2 Å². The van der Waals surface area contributed by atoms with E-state index in [2.05, 4.69) is 10.4 Å². The van der Waals surface area contributed by atoms with Crippen molar-refractivity contribution in [1.29, 1.82) is 0 Å². The summed E-state index contributed by atoms with van der Waals surface area (Å²) < 4.78 is 1.68. The van der Waals surface area contributed by atoms with Gasteiger partial charge in [-0.25, -0.2) is 14.8 Å². The van der Waals surface area contributed by atoms with E-state index in [9.17, 15) is 9.59 Å². The van der Waals surface area contributed by atoms with Crippen LogP contribution < -0.4 is 11.3 Å². The molecule has 1 unspecified atom stereocenters. The Labute approximate surface area is 148 Å². The minimum atomic E-state index is -0.738. The third-order valence-corrected chi connectivity index (χ3v) is 4.74. The van der Waals surface area contributed by atoms with Crippen LogP contribution in [0.3, 0.4) is 0 Å². The first-order chi connectivity index (χ1) is 11.3. The Morgan fingerprint density at radius 1 is 1.25 bits per heavy atom. The quantitative estimate of drug-likeness (QED) is 0.454. The van der Waals surface area contributed by atoms with Gasteiger partial charge < -0.3 is 0 Å². The van der Waals surface area contributed by atoms with Crippen molar-refractivity contribution in [2.24, 2.45) is 10.8 Å². The van der Waals surface area contributed by atoms with Gasteiger partial charge in [-0.2, -0.15) is 5.84 Å². The number of nitrogens with zero attached hydrogens (tertiary/aromatic N) is 4. The van der Waals surface area contributed by atoms with Crippen LogP contribution in [0.1, 0.15) is 5.56 Å². The molecule has 0 radical (unpaired) electrons. The van der Waals surface area contributed by atoms with Gasteiger partial charge in [0, 0.05) is 14.1 Å². The van der Waals surface area contributed by atoms with Crippen LogP contribution in [0.25, 0.3) is 0 Å². The number of fused-ring (bicyclic) bond motifs is 1. The zero-order valence-electron chi connectivity index (χ0n) is 13.0. The molecule has 1 aromatic rings. The van der Waals surface area contributed by atoms with Crippen molar-refractivity contribution in [2.45, 2.75) is 12.6 Å². The summed E-state index contributed by atoms with van der Waals surface area (Å²) in [5.74, 6) is 5.79. The summed E-state index contributed by atoms with van der Waals surface area (Å²) >= 11 is 12.0. The van der Waals surface area contributed by atoms with Gasteiger partial charge in [0.25, 0.3) is 5.91 Å². The summed E-state index contributed by atoms with van der Waals surface area (Å²) in [6.07, 6.45) is 0. The van der Waals surface area contributed by atoms with Gasteiger partial charge in [-0.05, 0) is 17.7 Å². The van der Waals surface area contributed by atoms with E-state index in [0.717, 1.165) is 10.5 Å². The smallest absolute Gasteiger partial charge is 0.270 e. The highest BCUT2D eigenvalue weighted by Gasteiger charge is 2.51. The molecule has 0 bridgehead atoms. The summed E-state index contributed by atoms with van der Waals surface area (Å²) in [7, 11) is 3.00. The monoisotopic (exact) mass is 369 g/mol. The van der Waals surface area contributed by atoms with E-state index >= 15 is 0 Å². The maximum atomic E-state index is 12.6. The number of amidine groups is 1. The molecule has 24 heavy (non-hydrogen) atoms. The molecule has 3 N–H and O–H groups in total. The zero-order chi connectivity index (χ0) is 17.6. The van der Waals surface area contributed by atoms with Crippen molar-refractivity contribution in [1.82, 2.24) is 15.2 Å². The maximum absolute atomic E-state index is 12.6. The highest BCUT2D eigenvalue weighted by molar-refractivity contribution is 6.42. The first kappa shape index (κ1) is 16.7. The van der Waals surface area contributed by atoms with E-state index in [1.54, 1.807) is 29.8 Å². The molecule has 3 amide bonds. The SMILES string of the molecule is CN1C(=O)C2C(=NC(NN)=[N+]2Cc2ccc(Cl)c(Cl)c2)N(C)C1=O. The molecule has 1 atom stereocenters. The number of halogens is 2. The number of hydrazine groups is 1. The number of hydrogen-bond donors (Lipinski definition) is 2. The van der Waals surface area contributed by atoms with Crippen molar-refractivity contribution in [2.75, 3.05) is 14.1 Å². The number of rotatable bonds is 2. The Bertz CT molecular complexity index is 806. The van der Waals surface area contributed by atoms with E-state index < -0.39 is 12.1 Å². The van der Waals surface area contributed by atoms with Gasteiger partial charge in [-0.15, -0.1) is 0 Å². The Morgan fingerprint density at radius 2 is 1.96 bits per heavy atom. The third kappa shape index (κ3) is 2.52. The molecule has 0 saturated carbocycles. The number of nitrogens with one attached hydrogen (secondary N) is 1. The number of amides is 3. The largest absolute Gasteiger partial charge is 0.407 e. The maximum Gasteiger partial charge on any atom is 0.407 e. The zero-order valence-corrected chi connectivity index (χ0v) is 14.5. The predicted octanol–water partition coefficient (Wildman–Crippen LogP) is 0.630. The molecular formula is C14H15Cl2N6O2+.